The number of amides is 1. The lowest BCUT2D eigenvalue weighted by molar-refractivity contribution is -0.121. The molecule has 2 aromatic rings. The van der Waals surface area contributed by atoms with Crippen LogP contribution in [0.4, 0.5) is 11.8 Å². The van der Waals surface area contributed by atoms with Crippen LogP contribution in [-0.2, 0) is 4.79 Å². The third kappa shape index (κ3) is 3.34. The van der Waals surface area contributed by atoms with Crippen molar-refractivity contribution in [2.75, 3.05) is 24.2 Å². The lowest BCUT2D eigenvalue weighted by Gasteiger charge is -2.10. The molecule has 0 aliphatic rings. The molecule has 1 amide bonds. The Bertz CT molecular complexity index is 593. The van der Waals surface area contributed by atoms with Gasteiger partial charge in [-0.2, -0.15) is 9.97 Å². The van der Waals surface area contributed by atoms with E-state index in [1.807, 2.05) is 13.8 Å². The van der Waals surface area contributed by atoms with Crippen LogP contribution < -0.4 is 16.0 Å². The zero-order valence-corrected chi connectivity index (χ0v) is 11.8. The Kier molecular flexibility index (Phi) is 4.34. The maximum atomic E-state index is 11.6. The van der Waals surface area contributed by atoms with Gasteiger partial charge in [0.1, 0.15) is 5.52 Å². The standard InChI is InChI=1S/C12H19N7O/c1-7(2)17-8(20)4-5-14-10-9-11(16-6-15-9)19-12(13-3)18-10/h6-7H,4-5H2,1-3H3,(H,17,20)(H3,13,14,15,16,18,19). The highest BCUT2D eigenvalue weighted by molar-refractivity contribution is 5.84. The topological polar surface area (TPSA) is 108 Å². The second-order valence-corrected chi connectivity index (χ2v) is 4.65. The Morgan fingerprint density at radius 3 is 2.90 bits per heavy atom. The third-order valence-electron chi connectivity index (χ3n) is 2.60. The third-order valence-corrected chi connectivity index (χ3v) is 2.60. The number of aromatic nitrogens is 4. The van der Waals surface area contributed by atoms with Crippen molar-refractivity contribution >= 4 is 28.8 Å². The molecule has 4 N–H and O–H groups in total. The van der Waals surface area contributed by atoms with E-state index in [1.165, 1.54) is 0 Å². The first kappa shape index (κ1) is 14.0. The van der Waals surface area contributed by atoms with Crippen molar-refractivity contribution in [3.05, 3.63) is 6.33 Å². The maximum absolute atomic E-state index is 11.6. The summed E-state index contributed by atoms with van der Waals surface area (Å²) in [6.45, 7) is 4.36. The Morgan fingerprint density at radius 2 is 2.20 bits per heavy atom. The van der Waals surface area contributed by atoms with Crippen molar-refractivity contribution in [3.63, 3.8) is 0 Å². The van der Waals surface area contributed by atoms with Crippen LogP contribution in [-0.4, -0.2) is 45.5 Å². The summed E-state index contributed by atoms with van der Waals surface area (Å²) >= 11 is 0. The summed E-state index contributed by atoms with van der Waals surface area (Å²) in [4.78, 5) is 27.2. The Morgan fingerprint density at radius 1 is 1.40 bits per heavy atom. The van der Waals surface area contributed by atoms with E-state index < -0.39 is 0 Å². The van der Waals surface area contributed by atoms with Crippen molar-refractivity contribution in [1.82, 2.24) is 25.3 Å². The van der Waals surface area contributed by atoms with E-state index in [2.05, 4.69) is 35.9 Å². The van der Waals surface area contributed by atoms with Crippen molar-refractivity contribution in [3.8, 4) is 0 Å². The minimum Gasteiger partial charge on any atom is -0.368 e. The number of fused-ring (bicyclic) bond motifs is 1. The summed E-state index contributed by atoms with van der Waals surface area (Å²) < 4.78 is 0. The molecule has 2 aromatic heterocycles. The zero-order chi connectivity index (χ0) is 14.5. The van der Waals surface area contributed by atoms with E-state index in [4.69, 9.17) is 0 Å². The van der Waals surface area contributed by atoms with Crippen molar-refractivity contribution in [1.29, 1.82) is 0 Å². The molecule has 0 aromatic carbocycles. The Balaban J connectivity index is 2.02. The molecule has 0 fully saturated rings. The number of nitrogens with one attached hydrogen (secondary N) is 4. The number of rotatable bonds is 6. The van der Waals surface area contributed by atoms with E-state index >= 15 is 0 Å². The van der Waals surface area contributed by atoms with Crippen LogP contribution in [0.25, 0.3) is 11.2 Å². The molecule has 0 atom stereocenters. The number of anilines is 2. The van der Waals surface area contributed by atoms with Gasteiger partial charge in [0, 0.05) is 26.1 Å². The number of nitrogens with zero attached hydrogens (tertiary/aromatic N) is 3. The van der Waals surface area contributed by atoms with Crippen LogP contribution in [0.2, 0.25) is 0 Å². The Labute approximate surface area is 116 Å². The van der Waals surface area contributed by atoms with Gasteiger partial charge in [-0.25, -0.2) is 4.98 Å². The summed E-state index contributed by atoms with van der Waals surface area (Å²) in [5.41, 5.74) is 1.31. The zero-order valence-electron chi connectivity index (χ0n) is 11.8. The van der Waals surface area contributed by atoms with Crippen molar-refractivity contribution in [2.45, 2.75) is 26.3 Å². The van der Waals surface area contributed by atoms with E-state index in [1.54, 1.807) is 13.4 Å². The van der Waals surface area contributed by atoms with Crippen molar-refractivity contribution < 1.29 is 4.79 Å². The minimum atomic E-state index is 0.0104. The van der Waals surface area contributed by atoms with E-state index in [0.717, 1.165) is 5.52 Å². The quantitative estimate of drug-likeness (QED) is 0.620. The molecule has 108 valence electrons. The molecule has 0 radical (unpaired) electrons. The lowest BCUT2D eigenvalue weighted by Crippen LogP contribution is -2.31. The molecule has 0 saturated heterocycles. The van der Waals surface area contributed by atoms with Gasteiger partial charge in [-0.15, -0.1) is 0 Å². The molecule has 2 rings (SSSR count). The van der Waals surface area contributed by atoms with Crippen LogP contribution in [0.15, 0.2) is 6.33 Å². The molecule has 20 heavy (non-hydrogen) atoms. The second-order valence-electron chi connectivity index (χ2n) is 4.65. The number of hydrogen-bond acceptors (Lipinski definition) is 6. The van der Waals surface area contributed by atoms with Crippen LogP contribution in [0.3, 0.4) is 0 Å². The summed E-state index contributed by atoms with van der Waals surface area (Å²) in [6.07, 6.45) is 1.95. The first-order valence-electron chi connectivity index (χ1n) is 6.52. The van der Waals surface area contributed by atoms with Crippen molar-refractivity contribution in [2.24, 2.45) is 0 Å². The minimum absolute atomic E-state index is 0.0104. The molecule has 0 aliphatic heterocycles. The fourth-order valence-electron chi connectivity index (χ4n) is 1.76. The van der Waals surface area contributed by atoms with Crippen LogP contribution in [0.5, 0.6) is 0 Å². The molecule has 2 heterocycles. The van der Waals surface area contributed by atoms with E-state index in [0.29, 0.717) is 30.4 Å². The predicted molar refractivity (Wildman–Crippen MR) is 77.6 cm³/mol. The second kappa shape index (κ2) is 6.18. The molecule has 8 heteroatoms. The van der Waals surface area contributed by atoms with Gasteiger partial charge in [0.05, 0.1) is 6.33 Å². The summed E-state index contributed by atoms with van der Waals surface area (Å²) in [5, 5.41) is 8.85. The molecule has 0 bridgehead atoms. The number of hydrogen-bond donors (Lipinski definition) is 4. The molecule has 0 aliphatic carbocycles. The molecule has 0 unspecified atom stereocenters. The van der Waals surface area contributed by atoms with Gasteiger partial charge in [-0.1, -0.05) is 0 Å². The highest BCUT2D eigenvalue weighted by atomic mass is 16.1. The van der Waals surface area contributed by atoms with Gasteiger partial charge in [0.2, 0.25) is 11.9 Å². The largest absolute Gasteiger partial charge is 0.368 e. The van der Waals surface area contributed by atoms with E-state index in [9.17, 15) is 4.79 Å². The summed E-state index contributed by atoms with van der Waals surface area (Å²) in [7, 11) is 1.74. The monoisotopic (exact) mass is 277 g/mol. The number of aromatic amines is 1. The van der Waals surface area contributed by atoms with Gasteiger partial charge >= 0.3 is 0 Å². The number of imidazole rings is 1. The van der Waals surface area contributed by atoms with Gasteiger partial charge < -0.3 is 20.9 Å². The molecule has 0 spiro atoms. The highest BCUT2D eigenvalue weighted by Crippen LogP contribution is 2.18. The van der Waals surface area contributed by atoms with Crippen LogP contribution in [0, 0.1) is 0 Å². The average molecular weight is 277 g/mol. The molecule has 0 saturated carbocycles. The van der Waals surface area contributed by atoms with Crippen LogP contribution >= 0.6 is 0 Å². The summed E-state index contributed by atoms with van der Waals surface area (Å²) in [6, 6.07) is 0.150. The maximum Gasteiger partial charge on any atom is 0.226 e. The number of carbonyl (C=O) groups is 1. The fraction of sp³-hybridized carbons (Fsp3) is 0.500. The first-order chi connectivity index (χ1) is 9.60. The summed E-state index contributed by atoms with van der Waals surface area (Å²) in [5.74, 6) is 1.13. The number of H-pyrrole nitrogens is 1. The highest BCUT2D eigenvalue weighted by Gasteiger charge is 2.09. The van der Waals surface area contributed by atoms with Crippen LogP contribution in [0.1, 0.15) is 20.3 Å². The van der Waals surface area contributed by atoms with Gasteiger partial charge in [0.15, 0.2) is 11.5 Å². The lowest BCUT2D eigenvalue weighted by atomic mass is 10.3. The smallest absolute Gasteiger partial charge is 0.226 e. The Hall–Kier alpha value is -2.38. The molecular weight excluding hydrogens is 258 g/mol. The first-order valence-corrected chi connectivity index (χ1v) is 6.52. The molecule has 8 nitrogen and oxygen atoms in total. The van der Waals surface area contributed by atoms with Gasteiger partial charge in [-0.3, -0.25) is 4.79 Å². The SMILES string of the molecule is CNc1nc(NCCC(=O)NC(C)C)c2[nH]cnc2n1. The average Bonchev–Trinajstić information content (AvgIpc) is 2.85. The predicted octanol–water partition coefficient (Wildman–Crippen LogP) is 0.721. The molecular formula is C12H19N7O. The normalized spacial score (nSPS) is 10.8. The van der Waals surface area contributed by atoms with Gasteiger partial charge in [0.25, 0.3) is 0 Å². The number of carbonyl (C=O) groups excluding carboxylic acids is 1. The van der Waals surface area contributed by atoms with E-state index in [-0.39, 0.29) is 11.9 Å². The fourth-order valence-corrected chi connectivity index (χ4v) is 1.76. The van der Waals surface area contributed by atoms with Gasteiger partial charge in [-0.05, 0) is 13.8 Å².